The van der Waals surface area contributed by atoms with Crippen molar-refractivity contribution in [1.82, 2.24) is 0 Å². The largest absolute Gasteiger partial charge is 0.492 e. The summed E-state index contributed by atoms with van der Waals surface area (Å²) in [5.74, 6) is -1.74. The maximum absolute atomic E-state index is 11.6. The Morgan fingerprint density at radius 1 is 0.766 bits per heavy atom. The van der Waals surface area contributed by atoms with Crippen molar-refractivity contribution in [1.29, 1.82) is 5.26 Å². The maximum atomic E-state index is 11.6. The number of anilines is 3. The molecule has 0 radical (unpaired) electrons. The summed E-state index contributed by atoms with van der Waals surface area (Å²) in [4.78, 5) is 25.1. The summed E-state index contributed by atoms with van der Waals surface area (Å²) in [7, 11) is 0. The fraction of sp³-hybridized carbons (Fsp3) is 0.225. The molecule has 0 saturated carbocycles. The first-order chi connectivity index (χ1) is 22.4. The van der Waals surface area contributed by atoms with Crippen LogP contribution >= 0.6 is 0 Å². The second-order valence-corrected chi connectivity index (χ2v) is 13.1. The molecule has 0 fully saturated rings. The third-order valence-electron chi connectivity index (χ3n) is 7.54. The van der Waals surface area contributed by atoms with Crippen LogP contribution in [0.5, 0.6) is 5.75 Å². The van der Waals surface area contributed by atoms with Crippen LogP contribution in [0, 0.1) is 22.2 Å². The van der Waals surface area contributed by atoms with Gasteiger partial charge in [-0.25, -0.2) is 4.79 Å². The minimum Gasteiger partial charge on any atom is -0.492 e. The molecule has 0 heterocycles. The average molecular weight is 629 g/mol. The molecule has 0 saturated heterocycles. The van der Waals surface area contributed by atoms with Crippen LogP contribution in [0.25, 0.3) is 18.2 Å². The van der Waals surface area contributed by atoms with Gasteiger partial charge in [0.05, 0.1) is 13.0 Å². The van der Waals surface area contributed by atoms with E-state index in [1.54, 1.807) is 12.1 Å². The van der Waals surface area contributed by atoms with Gasteiger partial charge in [-0.2, -0.15) is 5.26 Å². The number of hydrogen-bond acceptors (Lipinski definition) is 5. The topological polar surface area (TPSA) is 111 Å². The molecule has 0 atom stereocenters. The number of aliphatic carboxylic acids is 2. The average Bonchev–Trinajstić information content (AvgIpc) is 3.02. The lowest BCUT2D eigenvalue weighted by molar-refractivity contribution is -0.139. The lowest BCUT2D eigenvalue weighted by Gasteiger charge is -2.34. The van der Waals surface area contributed by atoms with Crippen molar-refractivity contribution in [2.75, 3.05) is 11.5 Å². The monoisotopic (exact) mass is 628 g/mol. The maximum Gasteiger partial charge on any atom is 0.346 e. The van der Waals surface area contributed by atoms with Gasteiger partial charge in [-0.3, -0.25) is 4.79 Å². The highest BCUT2D eigenvalue weighted by Crippen LogP contribution is 2.38. The Morgan fingerprint density at radius 3 is 1.83 bits per heavy atom. The highest BCUT2D eigenvalue weighted by Gasteiger charge is 2.31. The highest BCUT2D eigenvalue weighted by molar-refractivity contribution is 5.97. The van der Waals surface area contributed by atoms with Gasteiger partial charge < -0.3 is 19.8 Å². The molecule has 7 nitrogen and oxygen atoms in total. The van der Waals surface area contributed by atoms with Gasteiger partial charge in [0.1, 0.15) is 17.4 Å². The van der Waals surface area contributed by atoms with Gasteiger partial charge in [-0.1, -0.05) is 101 Å². The molecule has 0 aliphatic heterocycles. The third-order valence-corrected chi connectivity index (χ3v) is 7.54. The van der Waals surface area contributed by atoms with E-state index in [0.29, 0.717) is 17.7 Å². The fourth-order valence-electron chi connectivity index (χ4n) is 5.82. The van der Waals surface area contributed by atoms with Crippen molar-refractivity contribution in [3.63, 3.8) is 0 Å². The predicted octanol–water partition coefficient (Wildman–Crippen LogP) is 9.61. The number of nitriles is 1. The molecule has 0 amide bonds. The number of rotatable bonds is 14. The van der Waals surface area contributed by atoms with E-state index < -0.39 is 22.9 Å². The second kappa shape index (κ2) is 15.1. The molecular weight excluding hydrogens is 588 g/mol. The number of benzene rings is 4. The number of carboxylic acid groups (broad SMARTS) is 2. The summed E-state index contributed by atoms with van der Waals surface area (Å²) in [6.45, 7) is 8.12. The highest BCUT2D eigenvalue weighted by atomic mass is 16.5. The van der Waals surface area contributed by atoms with Crippen LogP contribution in [-0.2, 0) is 9.59 Å². The Morgan fingerprint density at radius 2 is 1.30 bits per heavy atom. The molecule has 2 N–H and O–H groups in total. The van der Waals surface area contributed by atoms with Gasteiger partial charge in [0, 0.05) is 22.6 Å². The third kappa shape index (κ3) is 9.94. The summed E-state index contributed by atoms with van der Waals surface area (Å²) in [6, 6.07) is 35.7. The Bertz CT molecular complexity index is 1740. The summed E-state index contributed by atoms with van der Waals surface area (Å²) in [5.41, 5.74) is 4.18. The van der Waals surface area contributed by atoms with E-state index in [2.05, 4.69) is 41.3 Å². The molecule has 0 aliphatic carbocycles. The number of carboxylic acids is 2. The van der Waals surface area contributed by atoms with Crippen LogP contribution in [0.1, 0.15) is 57.2 Å². The summed E-state index contributed by atoms with van der Waals surface area (Å²) >= 11 is 0. The van der Waals surface area contributed by atoms with Crippen molar-refractivity contribution in [2.24, 2.45) is 10.8 Å². The molecule has 7 heteroatoms. The lowest BCUT2D eigenvalue weighted by Crippen LogP contribution is -2.30. The molecule has 0 aromatic heterocycles. The van der Waals surface area contributed by atoms with Gasteiger partial charge in [-0.05, 0) is 76.9 Å². The fourth-order valence-corrected chi connectivity index (χ4v) is 5.82. The van der Waals surface area contributed by atoms with Gasteiger partial charge >= 0.3 is 11.9 Å². The molecule has 240 valence electrons. The summed E-state index contributed by atoms with van der Waals surface area (Å²) in [5, 5.41) is 28.1. The standard InChI is InChI=1S/C40H40N2O5/c1-39(2,25-37(43)44)27-40(3,4)28-47-36-23-30(17-20-31(36)24-32(26-41)38(45)46)16-15-29-18-21-35(22-19-29)42(33-11-7-5-8-12-33)34-13-9-6-10-14-34/h5-24H,25,27-28H2,1-4H3,(H,43,44)(H,45,46)/b16-15+,32-24-. The Balaban J connectivity index is 1.59. The Kier molecular flexibility index (Phi) is 11.0. The first-order valence-corrected chi connectivity index (χ1v) is 15.4. The van der Waals surface area contributed by atoms with Crippen LogP contribution in [0.3, 0.4) is 0 Å². The zero-order valence-electron chi connectivity index (χ0n) is 27.2. The minimum atomic E-state index is -1.32. The van der Waals surface area contributed by atoms with E-state index in [0.717, 1.165) is 28.2 Å². The van der Waals surface area contributed by atoms with Crippen molar-refractivity contribution in [2.45, 2.75) is 40.5 Å². The molecule has 0 bridgehead atoms. The van der Waals surface area contributed by atoms with Gasteiger partial charge in [0.25, 0.3) is 0 Å². The van der Waals surface area contributed by atoms with Crippen LogP contribution in [-0.4, -0.2) is 28.8 Å². The quantitative estimate of drug-likeness (QED) is 0.0812. The predicted molar refractivity (Wildman–Crippen MR) is 188 cm³/mol. The minimum absolute atomic E-state index is 0.0341. The summed E-state index contributed by atoms with van der Waals surface area (Å²) < 4.78 is 6.26. The van der Waals surface area contributed by atoms with E-state index in [-0.39, 0.29) is 18.4 Å². The van der Waals surface area contributed by atoms with Crippen LogP contribution in [0.15, 0.2) is 109 Å². The lowest BCUT2D eigenvalue weighted by atomic mass is 9.74. The van der Waals surface area contributed by atoms with Crippen LogP contribution < -0.4 is 9.64 Å². The number of carbonyl (C=O) groups is 2. The number of ether oxygens (including phenoxy) is 1. The molecule has 0 spiro atoms. The van der Waals surface area contributed by atoms with E-state index in [1.165, 1.54) is 6.08 Å². The molecule has 4 aromatic carbocycles. The van der Waals surface area contributed by atoms with Crippen molar-refractivity contribution >= 4 is 47.2 Å². The first kappa shape index (κ1) is 34.3. The van der Waals surface area contributed by atoms with Crippen molar-refractivity contribution in [3.8, 4) is 11.8 Å². The van der Waals surface area contributed by atoms with Gasteiger partial charge in [-0.15, -0.1) is 0 Å². The first-order valence-electron chi connectivity index (χ1n) is 15.4. The number of hydrogen-bond donors (Lipinski definition) is 2. The van der Waals surface area contributed by atoms with Crippen LogP contribution in [0.2, 0.25) is 0 Å². The molecule has 0 unspecified atom stereocenters. The van der Waals surface area contributed by atoms with E-state index in [9.17, 15) is 25.1 Å². The summed E-state index contributed by atoms with van der Waals surface area (Å²) in [6.07, 6.45) is 5.87. The Labute approximate surface area is 276 Å². The normalized spacial score (nSPS) is 12.0. The van der Waals surface area contributed by atoms with Gasteiger partial charge in [0.2, 0.25) is 0 Å². The smallest absolute Gasteiger partial charge is 0.346 e. The van der Waals surface area contributed by atoms with E-state index >= 15 is 0 Å². The SMILES string of the molecule is CC(C)(COc1cc(/C=C/c2ccc(N(c3ccccc3)c3ccccc3)cc2)ccc1/C=C(/C#N)C(=O)O)CC(C)(C)CC(=O)O. The van der Waals surface area contributed by atoms with Gasteiger partial charge in [0.15, 0.2) is 0 Å². The van der Waals surface area contributed by atoms with Crippen molar-refractivity contribution < 1.29 is 24.5 Å². The molecule has 47 heavy (non-hydrogen) atoms. The van der Waals surface area contributed by atoms with Crippen LogP contribution in [0.4, 0.5) is 17.1 Å². The van der Waals surface area contributed by atoms with E-state index in [1.807, 2.05) is 101 Å². The van der Waals surface area contributed by atoms with E-state index in [4.69, 9.17) is 4.74 Å². The second-order valence-electron chi connectivity index (χ2n) is 13.1. The molecular formula is C40H40N2O5. The molecule has 4 aromatic rings. The zero-order chi connectivity index (χ0) is 34.0. The molecule has 4 rings (SSSR count). The number of nitrogens with zero attached hydrogens (tertiary/aromatic N) is 2. The zero-order valence-corrected chi connectivity index (χ0v) is 27.2. The Hall–Kier alpha value is -5.61. The van der Waals surface area contributed by atoms with Crippen molar-refractivity contribution in [3.05, 3.63) is 125 Å². The number of para-hydroxylation sites is 2. The molecule has 0 aliphatic rings.